The number of nitrogens with one attached hydrogen (secondary N) is 1. The number of ether oxygens (including phenoxy) is 3. The zero-order valence-electron chi connectivity index (χ0n) is 14.2. The van der Waals surface area contributed by atoms with Crippen LogP contribution in [-0.2, 0) is 11.3 Å². The van der Waals surface area contributed by atoms with Gasteiger partial charge in [-0.05, 0) is 36.3 Å². The number of hydrogen-bond acceptors (Lipinski definition) is 4. The van der Waals surface area contributed by atoms with Gasteiger partial charge in [-0.25, -0.2) is 0 Å². The fourth-order valence-corrected chi connectivity index (χ4v) is 2.43. The van der Waals surface area contributed by atoms with Gasteiger partial charge in [-0.1, -0.05) is 31.2 Å². The summed E-state index contributed by atoms with van der Waals surface area (Å²) in [6, 6.07) is 13.3. The van der Waals surface area contributed by atoms with Crippen molar-refractivity contribution in [1.82, 2.24) is 5.32 Å². The molecule has 5 nitrogen and oxygen atoms in total. The van der Waals surface area contributed by atoms with E-state index in [-0.39, 0.29) is 12.7 Å². The van der Waals surface area contributed by atoms with Crippen molar-refractivity contribution < 1.29 is 19.0 Å². The molecule has 5 heteroatoms. The van der Waals surface area contributed by atoms with E-state index in [9.17, 15) is 4.79 Å². The van der Waals surface area contributed by atoms with Gasteiger partial charge in [0.05, 0.1) is 6.61 Å². The van der Waals surface area contributed by atoms with E-state index in [1.807, 2.05) is 42.5 Å². The quantitative estimate of drug-likeness (QED) is 0.784. The average Bonchev–Trinajstić information content (AvgIpc) is 3.11. The van der Waals surface area contributed by atoms with Gasteiger partial charge in [0.2, 0.25) is 12.7 Å². The number of carbonyl (C=O) groups is 1. The lowest BCUT2D eigenvalue weighted by Gasteiger charge is -2.07. The van der Waals surface area contributed by atoms with Gasteiger partial charge in [-0.15, -0.1) is 0 Å². The van der Waals surface area contributed by atoms with E-state index in [0.717, 1.165) is 29.0 Å². The Balaban J connectivity index is 1.56. The van der Waals surface area contributed by atoms with E-state index in [0.29, 0.717) is 18.9 Å². The second-order valence-corrected chi connectivity index (χ2v) is 5.63. The van der Waals surface area contributed by atoms with Crippen molar-refractivity contribution in [3.05, 3.63) is 59.7 Å². The minimum atomic E-state index is -0.164. The highest BCUT2D eigenvalue weighted by Crippen LogP contribution is 2.32. The van der Waals surface area contributed by atoms with Crippen molar-refractivity contribution >= 4 is 12.0 Å². The first-order valence-corrected chi connectivity index (χ1v) is 8.32. The molecule has 0 bridgehead atoms. The first kappa shape index (κ1) is 16.9. The lowest BCUT2D eigenvalue weighted by atomic mass is 10.2. The summed E-state index contributed by atoms with van der Waals surface area (Å²) in [5.74, 6) is 2.06. The summed E-state index contributed by atoms with van der Waals surface area (Å²) >= 11 is 0. The van der Waals surface area contributed by atoms with Crippen molar-refractivity contribution in [1.29, 1.82) is 0 Å². The predicted molar refractivity (Wildman–Crippen MR) is 95.7 cm³/mol. The molecular weight excluding hydrogens is 318 g/mol. The maximum absolute atomic E-state index is 12.1. The molecule has 3 rings (SSSR count). The largest absolute Gasteiger partial charge is 0.493 e. The monoisotopic (exact) mass is 339 g/mol. The van der Waals surface area contributed by atoms with Crippen LogP contribution in [0.3, 0.4) is 0 Å². The summed E-state index contributed by atoms with van der Waals surface area (Å²) in [7, 11) is 0. The standard InChI is InChI=1S/C20H21NO4/c1-2-11-23-17-6-4-3-5-16(17)8-10-20(22)21-13-15-7-9-18-19(12-15)25-14-24-18/h3-10,12H,2,11,13-14H2,1H3,(H,21,22)/b10-8+. The van der Waals surface area contributed by atoms with Crippen molar-refractivity contribution in [2.45, 2.75) is 19.9 Å². The van der Waals surface area contributed by atoms with E-state index in [2.05, 4.69) is 12.2 Å². The van der Waals surface area contributed by atoms with Crippen LogP contribution in [0.2, 0.25) is 0 Å². The number of rotatable bonds is 7. The topological polar surface area (TPSA) is 56.8 Å². The van der Waals surface area contributed by atoms with Gasteiger partial charge in [0.25, 0.3) is 0 Å². The zero-order chi connectivity index (χ0) is 17.5. The van der Waals surface area contributed by atoms with Crippen molar-refractivity contribution in [3.63, 3.8) is 0 Å². The van der Waals surface area contributed by atoms with Crippen LogP contribution in [0, 0.1) is 0 Å². The number of fused-ring (bicyclic) bond motifs is 1. The Morgan fingerprint density at radius 3 is 2.92 bits per heavy atom. The van der Waals surface area contributed by atoms with Crippen LogP contribution in [0.25, 0.3) is 6.08 Å². The van der Waals surface area contributed by atoms with Crippen LogP contribution in [-0.4, -0.2) is 19.3 Å². The Morgan fingerprint density at radius 2 is 2.04 bits per heavy atom. The van der Waals surface area contributed by atoms with Gasteiger partial charge in [0.15, 0.2) is 11.5 Å². The molecule has 0 fully saturated rings. The summed E-state index contributed by atoms with van der Waals surface area (Å²) in [5, 5.41) is 2.86. The van der Waals surface area contributed by atoms with Crippen LogP contribution in [0.15, 0.2) is 48.5 Å². The third-order valence-corrected chi connectivity index (χ3v) is 3.70. The summed E-state index contributed by atoms with van der Waals surface area (Å²) in [6.45, 7) is 3.38. The minimum Gasteiger partial charge on any atom is -0.493 e. The van der Waals surface area contributed by atoms with Gasteiger partial charge in [-0.2, -0.15) is 0 Å². The molecule has 0 aromatic heterocycles. The van der Waals surface area contributed by atoms with Crippen LogP contribution >= 0.6 is 0 Å². The average molecular weight is 339 g/mol. The van der Waals surface area contributed by atoms with E-state index in [1.165, 1.54) is 6.08 Å². The molecule has 25 heavy (non-hydrogen) atoms. The van der Waals surface area contributed by atoms with Crippen LogP contribution in [0.5, 0.6) is 17.2 Å². The molecule has 0 saturated carbocycles. The number of para-hydroxylation sites is 1. The second-order valence-electron chi connectivity index (χ2n) is 5.63. The molecule has 130 valence electrons. The normalized spacial score (nSPS) is 12.4. The molecule has 2 aromatic rings. The molecule has 2 aromatic carbocycles. The van der Waals surface area contributed by atoms with Crippen LogP contribution < -0.4 is 19.5 Å². The minimum absolute atomic E-state index is 0.164. The molecular formula is C20H21NO4. The Bertz CT molecular complexity index is 770. The molecule has 1 aliphatic heterocycles. The molecule has 0 atom stereocenters. The highest BCUT2D eigenvalue weighted by atomic mass is 16.7. The van der Waals surface area contributed by atoms with Gasteiger partial charge >= 0.3 is 0 Å². The van der Waals surface area contributed by atoms with Crippen molar-refractivity contribution in [2.75, 3.05) is 13.4 Å². The molecule has 0 unspecified atom stereocenters. The summed E-state index contributed by atoms with van der Waals surface area (Å²) in [6.07, 6.45) is 4.22. The zero-order valence-corrected chi connectivity index (χ0v) is 14.2. The van der Waals surface area contributed by atoms with E-state index in [1.54, 1.807) is 6.08 Å². The first-order valence-electron chi connectivity index (χ1n) is 8.32. The number of benzene rings is 2. The highest BCUT2D eigenvalue weighted by Gasteiger charge is 2.13. The third-order valence-electron chi connectivity index (χ3n) is 3.70. The predicted octanol–water partition coefficient (Wildman–Crippen LogP) is 3.53. The number of hydrogen-bond donors (Lipinski definition) is 1. The number of carbonyl (C=O) groups excluding carboxylic acids is 1. The molecule has 1 aliphatic rings. The third kappa shape index (κ3) is 4.53. The lowest BCUT2D eigenvalue weighted by molar-refractivity contribution is -0.116. The maximum Gasteiger partial charge on any atom is 0.244 e. The number of amides is 1. The summed E-state index contributed by atoms with van der Waals surface area (Å²) < 4.78 is 16.3. The fourth-order valence-electron chi connectivity index (χ4n) is 2.43. The SMILES string of the molecule is CCCOc1ccccc1/C=C/C(=O)NCc1ccc2c(c1)OCO2. The summed E-state index contributed by atoms with van der Waals surface area (Å²) in [5.41, 5.74) is 1.84. The van der Waals surface area contributed by atoms with Gasteiger partial charge in [-0.3, -0.25) is 4.79 Å². The Morgan fingerprint density at radius 1 is 1.20 bits per heavy atom. The fraction of sp³-hybridized carbons (Fsp3) is 0.250. The molecule has 0 saturated heterocycles. The van der Waals surface area contributed by atoms with E-state index in [4.69, 9.17) is 14.2 Å². The van der Waals surface area contributed by atoms with Gasteiger partial charge in [0, 0.05) is 18.2 Å². The molecule has 0 aliphatic carbocycles. The van der Waals surface area contributed by atoms with E-state index >= 15 is 0 Å². The van der Waals surface area contributed by atoms with Crippen LogP contribution in [0.4, 0.5) is 0 Å². The van der Waals surface area contributed by atoms with Gasteiger partial charge in [0.1, 0.15) is 5.75 Å². The van der Waals surface area contributed by atoms with Gasteiger partial charge < -0.3 is 19.5 Å². The molecule has 1 amide bonds. The lowest BCUT2D eigenvalue weighted by Crippen LogP contribution is -2.20. The molecule has 1 N–H and O–H groups in total. The van der Waals surface area contributed by atoms with Crippen molar-refractivity contribution in [2.24, 2.45) is 0 Å². The van der Waals surface area contributed by atoms with Crippen LogP contribution in [0.1, 0.15) is 24.5 Å². The Hall–Kier alpha value is -2.95. The second kappa shape index (κ2) is 8.24. The highest BCUT2D eigenvalue weighted by molar-refractivity contribution is 5.92. The molecule has 1 heterocycles. The van der Waals surface area contributed by atoms with Crippen molar-refractivity contribution in [3.8, 4) is 17.2 Å². The maximum atomic E-state index is 12.1. The first-order chi connectivity index (χ1) is 12.3. The smallest absolute Gasteiger partial charge is 0.244 e. The molecule has 0 radical (unpaired) electrons. The molecule has 0 spiro atoms. The summed E-state index contributed by atoms with van der Waals surface area (Å²) in [4.78, 5) is 12.1. The Kier molecular flexibility index (Phi) is 5.57. The Labute approximate surface area is 147 Å². The van der Waals surface area contributed by atoms with E-state index < -0.39 is 0 Å².